The Kier molecular flexibility index (Phi) is 3.01. The number of hydrogen-bond acceptors (Lipinski definition) is 4. The van der Waals surface area contributed by atoms with Crippen LogP contribution in [-0.2, 0) is 4.79 Å². The van der Waals surface area contributed by atoms with Crippen molar-refractivity contribution >= 4 is 11.6 Å². The summed E-state index contributed by atoms with van der Waals surface area (Å²) in [5.41, 5.74) is 1.28. The zero-order chi connectivity index (χ0) is 11.4. The second kappa shape index (κ2) is 4.62. The van der Waals surface area contributed by atoms with Crippen LogP contribution in [-0.4, -0.2) is 23.5 Å². The average molecular weight is 216 g/mol. The standard InChI is InChI=1S/C11H12N4O/c12-5-8-1-2-9(6-13-8)15-10-3-4-11(16)14-7-10/h1-2,6,10,15H,3-4,7H2,(H,14,16). The molecular weight excluding hydrogens is 204 g/mol. The van der Waals surface area contributed by atoms with Crippen molar-refractivity contribution in [1.29, 1.82) is 5.26 Å². The van der Waals surface area contributed by atoms with Crippen LogP contribution in [0, 0.1) is 11.3 Å². The molecule has 1 fully saturated rings. The van der Waals surface area contributed by atoms with E-state index < -0.39 is 0 Å². The van der Waals surface area contributed by atoms with E-state index >= 15 is 0 Å². The molecule has 0 aliphatic carbocycles. The van der Waals surface area contributed by atoms with Crippen molar-refractivity contribution in [1.82, 2.24) is 10.3 Å². The van der Waals surface area contributed by atoms with Gasteiger partial charge in [0.1, 0.15) is 11.8 Å². The Bertz CT molecular complexity index is 411. The number of pyridine rings is 1. The molecule has 1 aromatic heterocycles. The maximum atomic E-state index is 11.0. The highest BCUT2D eigenvalue weighted by Crippen LogP contribution is 2.12. The first kappa shape index (κ1) is 10.4. The van der Waals surface area contributed by atoms with E-state index in [0.29, 0.717) is 18.7 Å². The molecule has 82 valence electrons. The lowest BCUT2D eigenvalue weighted by Gasteiger charge is -2.24. The fourth-order valence-corrected chi connectivity index (χ4v) is 1.64. The van der Waals surface area contributed by atoms with Crippen molar-refractivity contribution < 1.29 is 4.79 Å². The third-order valence-electron chi connectivity index (χ3n) is 2.51. The maximum absolute atomic E-state index is 11.0. The van der Waals surface area contributed by atoms with E-state index in [0.717, 1.165) is 12.1 Å². The molecule has 0 spiro atoms. The van der Waals surface area contributed by atoms with E-state index in [-0.39, 0.29) is 11.9 Å². The first-order chi connectivity index (χ1) is 7.78. The first-order valence-electron chi connectivity index (χ1n) is 5.17. The smallest absolute Gasteiger partial charge is 0.220 e. The normalized spacial score (nSPS) is 19.7. The van der Waals surface area contributed by atoms with Crippen molar-refractivity contribution in [2.75, 3.05) is 11.9 Å². The Hall–Kier alpha value is -2.09. The number of anilines is 1. The summed E-state index contributed by atoms with van der Waals surface area (Å²) < 4.78 is 0. The number of hydrogen-bond donors (Lipinski definition) is 2. The van der Waals surface area contributed by atoms with Crippen molar-refractivity contribution in [3.05, 3.63) is 24.0 Å². The fourth-order valence-electron chi connectivity index (χ4n) is 1.64. The van der Waals surface area contributed by atoms with Gasteiger partial charge in [-0.1, -0.05) is 0 Å². The molecule has 0 bridgehead atoms. The predicted molar refractivity (Wildman–Crippen MR) is 58.6 cm³/mol. The minimum absolute atomic E-state index is 0.107. The summed E-state index contributed by atoms with van der Waals surface area (Å²) in [4.78, 5) is 14.9. The van der Waals surface area contributed by atoms with Gasteiger partial charge in [0.2, 0.25) is 5.91 Å². The van der Waals surface area contributed by atoms with Gasteiger partial charge >= 0.3 is 0 Å². The Labute approximate surface area is 93.5 Å². The van der Waals surface area contributed by atoms with E-state index in [2.05, 4.69) is 15.6 Å². The van der Waals surface area contributed by atoms with Crippen LogP contribution < -0.4 is 10.6 Å². The minimum Gasteiger partial charge on any atom is -0.379 e. The van der Waals surface area contributed by atoms with Gasteiger partial charge < -0.3 is 10.6 Å². The molecule has 1 saturated heterocycles. The van der Waals surface area contributed by atoms with E-state index in [1.54, 1.807) is 12.3 Å². The van der Waals surface area contributed by atoms with Crippen LogP contribution >= 0.6 is 0 Å². The van der Waals surface area contributed by atoms with Gasteiger partial charge in [0, 0.05) is 19.0 Å². The molecule has 1 unspecified atom stereocenters. The summed E-state index contributed by atoms with van der Waals surface area (Å²) in [5, 5.41) is 14.7. The molecule has 16 heavy (non-hydrogen) atoms. The number of amides is 1. The van der Waals surface area contributed by atoms with Gasteiger partial charge in [-0.2, -0.15) is 5.26 Å². The molecule has 2 N–H and O–H groups in total. The highest BCUT2D eigenvalue weighted by molar-refractivity contribution is 5.77. The summed E-state index contributed by atoms with van der Waals surface area (Å²) in [7, 11) is 0. The molecule has 1 aliphatic rings. The Morgan fingerprint density at radius 1 is 1.56 bits per heavy atom. The number of nitriles is 1. The number of rotatable bonds is 2. The van der Waals surface area contributed by atoms with Crippen LogP contribution in [0.25, 0.3) is 0 Å². The van der Waals surface area contributed by atoms with Gasteiger partial charge in [0.05, 0.1) is 11.9 Å². The summed E-state index contributed by atoms with van der Waals surface area (Å²) in [6.45, 7) is 0.638. The monoisotopic (exact) mass is 216 g/mol. The SMILES string of the molecule is N#Cc1ccc(NC2CCC(=O)NC2)cn1. The number of piperidine rings is 1. The van der Waals surface area contributed by atoms with Crippen LogP contribution in [0.2, 0.25) is 0 Å². The van der Waals surface area contributed by atoms with Crippen molar-refractivity contribution in [2.24, 2.45) is 0 Å². The van der Waals surface area contributed by atoms with E-state index in [9.17, 15) is 4.79 Å². The topological polar surface area (TPSA) is 77.8 Å². The van der Waals surface area contributed by atoms with E-state index in [4.69, 9.17) is 5.26 Å². The lowest BCUT2D eigenvalue weighted by Crippen LogP contribution is -2.41. The number of aromatic nitrogens is 1. The minimum atomic E-state index is 0.107. The second-order valence-electron chi connectivity index (χ2n) is 3.73. The third-order valence-corrected chi connectivity index (χ3v) is 2.51. The molecule has 0 radical (unpaired) electrons. The molecule has 0 saturated carbocycles. The number of carbonyl (C=O) groups is 1. The lowest BCUT2D eigenvalue weighted by molar-refractivity contribution is -0.122. The van der Waals surface area contributed by atoms with Gasteiger partial charge in [0.15, 0.2) is 0 Å². The summed E-state index contributed by atoms with van der Waals surface area (Å²) in [6, 6.07) is 5.70. The fraction of sp³-hybridized carbons (Fsp3) is 0.364. The molecule has 2 rings (SSSR count). The van der Waals surface area contributed by atoms with Crippen LogP contribution in [0.3, 0.4) is 0 Å². The number of nitrogens with one attached hydrogen (secondary N) is 2. The zero-order valence-corrected chi connectivity index (χ0v) is 8.73. The summed E-state index contributed by atoms with van der Waals surface area (Å²) >= 11 is 0. The van der Waals surface area contributed by atoms with Crippen LogP contribution in [0.1, 0.15) is 18.5 Å². The molecule has 1 amide bonds. The van der Waals surface area contributed by atoms with Gasteiger partial charge in [-0.15, -0.1) is 0 Å². The van der Waals surface area contributed by atoms with Crippen molar-refractivity contribution in [2.45, 2.75) is 18.9 Å². The van der Waals surface area contributed by atoms with Gasteiger partial charge in [0.25, 0.3) is 0 Å². The Morgan fingerprint density at radius 2 is 2.44 bits per heavy atom. The zero-order valence-electron chi connectivity index (χ0n) is 8.73. The van der Waals surface area contributed by atoms with Gasteiger partial charge in [-0.3, -0.25) is 4.79 Å². The number of carbonyl (C=O) groups excluding carboxylic acids is 1. The number of nitrogens with zero attached hydrogens (tertiary/aromatic N) is 2. The highest BCUT2D eigenvalue weighted by atomic mass is 16.1. The Balaban J connectivity index is 1.94. The highest BCUT2D eigenvalue weighted by Gasteiger charge is 2.17. The molecule has 5 heteroatoms. The molecule has 1 aliphatic heterocycles. The van der Waals surface area contributed by atoms with Crippen LogP contribution in [0.4, 0.5) is 5.69 Å². The summed E-state index contributed by atoms with van der Waals surface area (Å²) in [6.07, 6.45) is 3.02. The quantitative estimate of drug-likeness (QED) is 0.760. The molecule has 5 nitrogen and oxygen atoms in total. The molecule has 1 atom stereocenters. The van der Waals surface area contributed by atoms with Gasteiger partial charge in [-0.05, 0) is 18.6 Å². The van der Waals surface area contributed by atoms with Crippen molar-refractivity contribution in [3.63, 3.8) is 0 Å². The molecular formula is C11H12N4O. The van der Waals surface area contributed by atoms with Crippen molar-refractivity contribution in [3.8, 4) is 6.07 Å². The largest absolute Gasteiger partial charge is 0.379 e. The summed E-state index contributed by atoms with van der Waals surface area (Å²) in [5.74, 6) is 0.107. The van der Waals surface area contributed by atoms with E-state index in [1.807, 2.05) is 12.1 Å². The predicted octanol–water partition coefficient (Wildman–Crippen LogP) is 0.644. The van der Waals surface area contributed by atoms with E-state index in [1.165, 1.54) is 0 Å². The van der Waals surface area contributed by atoms with Gasteiger partial charge in [-0.25, -0.2) is 4.98 Å². The van der Waals surface area contributed by atoms with Crippen LogP contribution in [0.5, 0.6) is 0 Å². The third kappa shape index (κ3) is 2.48. The Morgan fingerprint density at radius 3 is 3.00 bits per heavy atom. The molecule has 2 heterocycles. The molecule has 1 aromatic rings. The average Bonchev–Trinajstić information content (AvgIpc) is 2.33. The first-order valence-corrected chi connectivity index (χ1v) is 5.17. The van der Waals surface area contributed by atoms with Crippen LogP contribution in [0.15, 0.2) is 18.3 Å². The second-order valence-corrected chi connectivity index (χ2v) is 3.73. The molecule has 0 aromatic carbocycles. The lowest BCUT2D eigenvalue weighted by atomic mass is 10.1. The maximum Gasteiger partial charge on any atom is 0.220 e.